The summed E-state index contributed by atoms with van der Waals surface area (Å²) in [6, 6.07) is 7.53. The number of hydrogen-bond donors (Lipinski definition) is 2. The van der Waals surface area contributed by atoms with Crippen LogP contribution in [0.3, 0.4) is 0 Å². The maximum absolute atomic E-state index is 12.0. The van der Waals surface area contributed by atoms with Crippen molar-refractivity contribution in [1.82, 2.24) is 10.6 Å². The average Bonchev–Trinajstić information content (AvgIpc) is 2.38. The number of halogens is 1. The molecule has 2 rings (SSSR count). The third-order valence-electron chi connectivity index (χ3n) is 4.21. The van der Waals surface area contributed by atoms with Gasteiger partial charge in [-0.3, -0.25) is 4.21 Å². The zero-order valence-corrected chi connectivity index (χ0v) is 14.6. The molecule has 4 nitrogen and oxygen atoms in total. The van der Waals surface area contributed by atoms with Crippen molar-refractivity contribution in [1.29, 1.82) is 0 Å². The molecule has 0 aliphatic heterocycles. The van der Waals surface area contributed by atoms with Gasteiger partial charge in [0.05, 0.1) is 0 Å². The summed E-state index contributed by atoms with van der Waals surface area (Å²) in [5.74, 6) is 0.461. The highest BCUT2D eigenvalue weighted by atomic mass is 35.5. The van der Waals surface area contributed by atoms with Crippen molar-refractivity contribution in [2.24, 2.45) is 0 Å². The van der Waals surface area contributed by atoms with Crippen LogP contribution < -0.4 is 10.6 Å². The molecule has 6 heteroatoms. The Morgan fingerprint density at radius 1 is 1.41 bits per heavy atom. The maximum Gasteiger partial charge on any atom is 0.315 e. The first-order chi connectivity index (χ1) is 10.4. The Morgan fingerprint density at radius 2 is 2.09 bits per heavy atom. The Hall–Kier alpha value is -1.07. The second-order valence-electron chi connectivity index (χ2n) is 6.08. The van der Waals surface area contributed by atoms with Gasteiger partial charge in [0.2, 0.25) is 0 Å². The van der Waals surface area contributed by atoms with Crippen molar-refractivity contribution >= 4 is 28.4 Å². The summed E-state index contributed by atoms with van der Waals surface area (Å²) in [6.45, 7) is 2.43. The second-order valence-corrected chi connectivity index (χ2v) is 7.97. The van der Waals surface area contributed by atoms with Crippen molar-refractivity contribution in [3.63, 3.8) is 0 Å². The van der Waals surface area contributed by atoms with Gasteiger partial charge in [-0.15, -0.1) is 0 Å². The van der Waals surface area contributed by atoms with Crippen LogP contribution in [0.15, 0.2) is 24.3 Å². The van der Waals surface area contributed by atoms with E-state index >= 15 is 0 Å². The molecule has 1 aliphatic rings. The number of carbonyl (C=O) groups is 1. The van der Waals surface area contributed by atoms with E-state index in [0.717, 1.165) is 29.8 Å². The Labute approximate surface area is 139 Å². The molecule has 0 radical (unpaired) electrons. The van der Waals surface area contributed by atoms with Crippen LogP contribution >= 0.6 is 11.6 Å². The van der Waals surface area contributed by atoms with E-state index < -0.39 is 10.8 Å². The fourth-order valence-corrected chi connectivity index (χ4v) is 4.08. The standard InChI is InChI=1S/C16H23ClN2O2S/c1-12(10-22(2)21)19-15(20)18-11-16(8-5-9-16)13-6-3-4-7-14(13)17/h3-4,6-7,12H,5,8-11H2,1-2H3,(H2,18,19,20)/t12-,22-/m0/s1. The summed E-state index contributed by atoms with van der Waals surface area (Å²) >= 11 is 6.32. The third kappa shape index (κ3) is 4.23. The lowest BCUT2D eigenvalue weighted by atomic mass is 9.64. The lowest BCUT2D eigenvalue weighted by Gasteiger charge is -2.43. The minimum Gasteiger partial charge on any atom is -0.337 e. The van der Waals surface area contributed by atoms with Crippen molar-refractivity contribution in [2.45, 2.75) is 37.6 Å². The largest absolute Gasteiger partial charge is 0.337 e. The molecule has 1 fully saturated rings. The maximum atomic E-state index is 12.0. The molecule has 0 spiro atoms. The summed E-state index contributed by atoms with van der Waals surface area (Å²) in [5, 5.41) is 6.53. The quantitative estimate of drug-likeness (QED) is 0.835. The summed E-state index contributed by atoms with van der Waals surface area (Å²) in [6.07, 6.45) is 4.85. The van der Waals surface area contributed by atoms with E-state index in [-0.39, 0.29) is 17.5 Å². The fraction of sp³-hybridized carbons (Fsp3) is 0.562. The Kier molecular flexibility index (Phi) is 5.87. The van der Waals surface area contributed by atoms with Crippen LogP contribution in [0.5, 0.6) is 0 Å². The van der Waals surface area contributed by atoms with Crippen molar-refractivity contribution < 1.29 is 9.00 Å². The zero-order valence-electron chi connectivity index (χ0n) is 13.0. The number of benzene rings is 1. The van der Waals surface area contributed by atoms with E-state index in [4.69, 9.17) is 11.6 Å². The first-order valence-corrected chi connectivity index (χ1v) is 9.63. The van der Waals surface area contributed by atoms with Crippen molar-refractivity contribution in [2.75, 3.05) is 18.6 Å². The molecule has 122 valence electrons. The average molecular weight is 343 g/mol. The summed E-state index contributed by atoms with van der Waals surface area (Å²) < 4.78 is 11.2. The van der Waals surface area contributed by atoms with Crippen LogP contribution in [0, 0.1) is 0 Å². The highest BCUT2D eigenvalue weighted by Gasteiger charge is 2.40. The van der Waals surface area contributed by atoms with Crippen LogP contribution in [0.4, 0.5) is 4.79 Å². The van der Waals surface area contributed by atoms with Gasteiger partial charge in [-0.2, -0.15) is 0 Å². The number of rotatable bonds is 6. The van der Waals surface area contributed by atoms with Gasteiger partial charge in [0, 0.05) is 45.8 Å². The van der Waals surface area contributed by atoms with E-state index in [1.165, 1.54) is 0 Å². The number of hydrogen-bond acceptors (Lipinski definition) is 2. The summed E-state index contributed by atoms with van der Waals surface area (Å²) in [5.41, 5.74) is 1.07. The van der Waals surface area contributed by atoms with E-state index in [0.29, 0.717) is 12.3 Å². The van der Waals surface area contributed by atoms with E-state index in [1.54, 1.807) is 6.26 Å². The number of carbonyl (C=O) groups excluding carboxylic acids is 1. The number of amides is 2. The van der Waals surface area contributed by atoms with E-state index in [9.17, 15) is 9.00 Å². The van der Waals surface area contributed by atoms with Gasteiger partial charge >= 0.3 is 6.03 Å². The van der Waals surface area contributed by atoms with Crippen LogP contribution in [0.2, 0.25) is 5.02 Å². The van der Waals surface area contributed by atoms with E-state index in [1.807, 2.05) is 31.2 Å². The molecular weight excluding hydrogens is 320 g/mol. The highest BCUT2D eigenvalue weighted by Crippen LogP contribution is 2.45. The van der Waals surface area contributed by atoms with Gasteiger partial charge in [0.1, 0.15) is 0 Å². The molecule has 2 amide bonds. The molecule has 0 aromatic heterocycles. The van der Waals surface area contributed by atoms with Gasteiger partial charge < -0.3 is 10.6 Å². The molecule has 1 aromatic carbocycles. The summed E-state index contributed by atoms with van der Waals surface area (Å²) in [7, 11) is -0.916. The number of nitrogens with one attached hydrogen (secondary N) is 2. The third-order valence-corrected chi connectivity index (χ3v) is 5.50. The second kappa shape index (κ2) is 7.47. The molecule has 0 unspecified atom stereocenters. The monoisotopic (exact) mass is 342 g/mol. The first kappa shape index (κ1) is 17.3. The van der Waals surface area contributed by atoms with Gasteiger partial charge in [0.15, 0.2) is 0 Å². The Morgan fingerprint density at radius 3 is 2.64 bits per heavy atom. The lowest BCUT2D eigenvalue weighted by molar-refractivity contribution is 0.213. The SMILES string of the molecule is C[C@@H](C[S@](C)=O)NC(=O)NCC1(c2ccccc2Cl)CCC1. The molecule has 2 atom stereocenters. The van der Waals surface area contributed by atoms with Gasteiger partial charge in [-0.05, 0) is 31.4 Å². The van der Waals surface area contributed by atoms with Gasteiger partial charge in [-0.25, -0.2) is 4.79 Å². The molecular formula is C16H23ClN2O2S. The molecule has 0 saturated heterocycles. The normalized spacial score (nSPS) is 18.9. The van der Waals surface area contributed by atoms with Gasteiger partial charge in [0.25, 0.3) is 0 Å². The predicted molar refractivity (Wildman–Crippen MR) is 91.9 cm³/mol. The minimum atomic E-state index is -0.916. The predicted octanol–water partition coefficient (Wildman–Crippen LogP) is 2.83. The molecule has 0 bridgehead atoms. The van der Waals surface area contributed by atoms with E-state index in [2.05, 4.69) is 10.6 Å². The molecule has 1 aliphatic carbocycles. The zero-order chi connectivity index (χ0) is 16.2. The number of urea groups is 1. The molecule has 1 aromatic rings. The van der Waals surface area contributed by atoms with Crippen molar-refractivity contribution in [3.05, 3.63) is 34.9 Å². The van der Waals surface area contributed by atoms with Crippen LogP contribution in [-0.2, 0) is 16.2 Å². The molecule has 2 N–H and O–H groups in total. The molecule has 1 saturated carbocycles. The van der Waals surface area contributed by atoms with Crippen molar-refractivity contribution in [3.8, 4) is 0 Å². The van der Waals surface area contributed by atoms with Crippen LogP contribution in [-0.4, -0.2) is 34.8 Å². The minimum absolute atomic E-state index is 0.0491. The Balaban J connectivity index is 1.93. The lowest BCUT2D eigenvalue weighted by Crippen LogP contribution is -2.50. The van der Waals surface area contributed by atoms with Crippen LogP contribution in [0.25, 0.3) is 0 Å². The van der Waals surface area contributed by atoms with Gasteiger partial charge in [-0.1, -0.05) is 36.2 Å². The smallest absolute Gasteiger partial charge is 0.315 e. The summed E-state index contributed by atoms with van der Waals surface area (Å²) in [4.78, 5) is 12.0. The van der Waals surface area contributed by atoms with Crippen LogP contribution in [0.1, 0.15) is 31.7 Å². The molecule has 0 heterocycles. The topological polar surface area (TPSA) is 58.2 Å². The fourth-order valence-electron chi connectivity index (χ4n) is 2.95. The Bertz CT molecular complexity index is 561. The highest BCUT2D eigenvalue weighted by molar-refractivity contribution is 7.84. The first-order valence-electron chi connectivity index (χ1n) is 7.52. The molecule has 22 heavy (non-hydrogen) atoms.